The molecule has 69 valence electrons. The Morgan fingerprint density at radius 2 is 2.23 bits per heavy atom. The summed E-state index contributed by atoms with van der Waals surface area (Å²) in [5, 5.41) is 2.53. The van der Waals surface area contributed by atoms with Crippen molar-refractivity contribution >= 4 is 6.41 Å². The molecule has 0 bridgehead atoms. The van der Waals surface area contributed by atoms with Crippen molar-refractivity contribution in [1.82, 2.24) is 5.32 Å². The Hall–Kier alpha value is -1.31. The second-order valence-electron chi connectivity index (χ2n) is 3.36. The Morgan fingerprint density at radius 3 is 2.85 bits per heavy atom. The predicted octanol–water partition coefficient (Wildman–Crippen LogP) is 1.97. The van der Waals surface area contributed by atoms with Crippen LogP contribution in [0.2, 0.25) is 0 Å². The zero-order valence-corrected chi connectivity index (χ0v) is 8.00. The van der Waals surface area contributed by atoms with Gasteiger partial charge in [-0.25, -0.2) is 0 Å². The summed E-state index contributed by atoms with van der Waals surface area (Å²) in [4.78, 5) is 9.96. The van der Waals surface area contributed by atoms with Crippen LogP contribution in [0.5, 0.6) is 0 Å². The lowest BCUT2D eigenvalue weighted by molar-refractivity contribution is 0.542. The zero-order chi connectivity index (χ0) is 9.68. The fourth-order valence-electron chi connectivity index (χ4n) is 1.20. The van der Waals surface area contributed by atoms with Gasteiger partial charge in [0.25, 0.3) is 0 Å². The van der Waals surface area contributed by atoms with Gasteiger partial charge < -0.3 is 5.32 Å². The van der Waals surface area contributed by atoms with E-state index >= 15 is 0 Å². The average Bonchev–Trinajstić information content (AvgIpc) is 2.15. The lowest BCUT2D eigenvalue weighted by Crippen LogP contribution is -2.09. The van der Waals surface area contributed by atoms with Gasteiger partial charge in [-0.1, -0.05) is 38.1 Å². The van der Waals surface area contributed by atoms with Gasteiger partial charge in [-0.05, 0) is 17.0 Å². The smallest absolute Gasteiger partial charge is 0.309 e. The minimum Gasteiger partial charge on any atom is -0.344 e. The van der Waals surface area contributed by atoms with Crippen LogP contribution in [0.1, 0.15) is 30.9 Å². The summed E-state index contributed by atoms with van der Waals surface area (Å²) >= 11 is 0. The Bertz CT molecular complexity index is 281. The summed E-state index contributed by atoms with van der Waals surface area (Å²) < 4.78 is 0. The Labute approximate surface area is 79.0 Å². The first kappa shape index (κ1) is 9.78. The van der Waals surface area contributed by atoms with Crippen molar-refractivity contribution in [3.63, 3.8) is 0 Å². The maximum absolute atomic E-state index is 9.96. The van der Waals surface area contributed by atoms with Gasteiger partial charge in [-0.2, -0.15) is 0 Å². The van der Waals surface area contributed by atoms with E-state index in [4.69, 9.17) is 0 Å². The molecule has 0 spiro atoms. The second kappa shape index (κ2) is 4.65. The maximum Gasteiger partial charge on any atom is 0.309 e. The van der Waals surface area contributed by atoms with Crippen LogP contribution in [0.3, 0.4) is 0 Å². The third-order valence-electron chi connectivity index (χ3n) is 1.98. The minimum absolute atomic E-state index is 0.528. The van der Waals surface area contributed by atoms with Gasteiger partial charge in [-0.15, -0.1) is 0 Å². The molecule has 13 heavy (non-hydrogen) atoms. The highest BCUT2D eigenvalue weighted by Crippen LogP contribution is 2.15. The van der Waals surface area contributed by atoms with Crippen LogP contribution in [0.15, 0.2) is 24.3 Å². The molecule has 1 aromatic carbocycles. The molecule has 2 heteroatoms. The van der Waals surface area contributed by atoms with Crippen molar-refractivity contribution in [3.05, 3.63) is 35.4 Å². The van der Waals surface area contributed by atoms with E-state index < -0.39 is 0 Å². The lowest BCUT2D eigenvalue weighted by atomic mass is 10.0. The number of benzene rings is 1. The van der Waals surface area contributed by atoms with Crippen LogP contribution < -0.4 is 5.32 Å². The second-order valence-corrected chi connectivity index (χ2v) is 3.36. The molecular formula is C11H14NO. The summed E-state index contributed by atoms with van der Waals surface area (Å²) in [5.41, 5.74) is 2.42. The molecule has 0 aliphatic heterocycles. The molecule has 1 amide bonds. The van der Waals surface area contributed by atoms with E-state index in [1.54, 1.807) is 6.41 Å². The number of carbonyl (C=O) groups excluding carboxylic acids is 1. The summed E-state index contributed by atoms with van der Waals surface area (Å²) in [6.45, 7) is 4.86. The fourth-order valence-corrected chi connectivity index (χ4v) is 1.20. The molecule has 1 radical (unpaired) electrons. The van der Waals surface area contributed by atoms with Gasteiger partial charge in [-0.3, -0.25) is 4.79 Å². The third-order valence-corrected chi connectivity index (χ3v) is 1.98. The van der Waals surface area contributed by atoms with E-state index in [-0.39, 0.29) is 0 Å². The van der Waals surface area contributed by atoms with E-state index in [1.165, 1.54) is 5.56 Å². The minimum atomic E-state index is 0.528. The number of rotatable bonds is 4. The maximum atomic E-state index is 9.96. The number of amides is 1. The van der Waals surface area contributed by atoms with Crippen molar-refractivity contribution in [2.75, 3.05) is 0 Å². The Balaban J connectivity index is 2.73. The van der Waals surface area contributed by atoms with Gasteiger partial charge in [0.2, 0.25) is 0 Å². The molecule has 0 saturated carbocycles. The number of hydrogen-bond acceptors (Lipinski definition) is 1. The highest BCUT2D eigenvalue weighted by atomic mass is 16.1. The van der Waals surface area contributed by atoms with Gasteiger partial charge in [0, 0.05) is 6.54 Å². The van der Waals surface area contributed by atoms with Crippen molar-refractivity contribution < 1.29 is 4.79 Å². The highest BCUT2D eigenvalue weighted by molar-refractivity contribution is 5.47. The van der Waals surface area contributed by atoms with Crippen molar-refractivity contribution in [2.45, 2.75) is 26.3 Å². The van der Waals surface area contributed by atoms with Crippen LogP contribution in [-0.2, 0) is 11.3 Å². The summed E-state index contributed by atoms with van der Waals surface area (Å²) in [6.07, 6.45) is 1.66. The van der Waals surface area contributed by atoms with Gasteiger partial charge in [0.15, 0.2) is 0 Å². The summed E-state index contributed by atoms with van der Waals surface area (Å²) in [6, 6.07) is 8.21. The molecule has 2 nitrogen and oxygen atoms in total. The lowest BCUT2D eigenvalue weighted by Gasteiger charge is -2.07. The summed E-state index contributed by atoms with van der Waals surface area (Å²) in [7, 11) is 0. The monoisotopic (exact) mass is 176 g/mol. The highest BCUT2D eigenvalue weighted by Gasteiger charge is 1.99. The molecule has 0 heterocycles. The van der Waals surface area contributed by atoms with Crippen LogP contribution in [0, 0.1) is 0 Å². The van der Waals surface area contributed by atoms with Crippen LogP contribution >= 0.6 is 0 Å². The van der Waals surface area contributed by atoms with E-state index in [2.05, 4.69) is 31.3 Å². The normalized spacial score (nSPS) is 10.1. The van der Waals surface area contributed by atoms with Crippen LogP contribution in [0.25, 0.3) is 0 Å². The first-order valence-corrected chi connectivity index (χ1v) is 4.43. The van der Waals surface area contributed by atoms with Crippen LogP contribution in [0.4, 0.5) is 0 Å². The SMILES string of the molecule is CC(C)c1cccc(CN[C]=O)c1. The first-order valence-electron chi connectivity index (χ1n) is 4.43. The number of nitrogens with one attached hydrogen (secondary N) is 1. The molecule has 0 fully saturated rings. The zero-order valence-electron chi connectivity index (χ0n) is 8.00. The largest absolute Gasteiger partial charge is 0.344 e. The Morgan fingerprint density at radius 1 is 1.46 bits per heavy atom. The molecule has 0 aromatic heterocycles. The molecule has 0 atom stereocenters. The molecule has 0 aliphatic carbocycles. The molecule has 0 unspecified atom stereocenters. The van der Waals surface area contributed by atoms with Crippen molar-refractivity contribution in [1.29, 1.82) is 0 Å². The van der Waals surface area contributed by atoms with Crippen molar-refractivity contribution in [2.24, 2.45) is 0 Å². The van der Waals surface area contributed by atoms with E-state index in [0.29, 0.717) is 12.5 Å². The van der Waals surface area contributed by atoms with E-state index in [0.717, 1.165) is 5.56 Å². The van der Waals surface area contributed by atoms with Gasteiger partial charge in [0.1, 0.15) is 0 Å². The Kier molecular flexibility index (Phi) is 3.50. The van der Waals surface area contributed by atoms with E-state index in [1.807, 2.05) is 12.1 Å². The first-order chi connectivity index (χ1) is 6.24. The molecule has 0 saturated heterocycles. The molecule has 1 aromatic rings. The van der Waals surface area contributed by atoms with Crippen molar-refractivity contribution in [3.8, 4) is 0 Å². The number of hydrogen-bond donors (Lipinski definition) is 1. The topological polar surface area (TPSA) is 29.1 Å². The molecule has 1 N–H and O–H groups in total. The molecular weight excluding hydrogens is 162 g/mol. The molecule has 1 rings (SSSR count). The molecule has 0 aliphatic rings. The fraction of sp³-hybridized carbons (Fsp3) is 0.364. The average molecular weight is 176 g/mol. The quantitative estimate of drug-likeness (QED) is 0.698. The third kappa shape index (κ3) is 2.90. The van der Waals surface area contributed by atoms with E-state index in [9.17, 15) is 4.79 Å². The predicted molar refractivity (Wildman–Crippen MR) is 53.1 cm³/mol. The van der Waals surface area contributed by atoms with Crippen LogP contribution in [-0.4, -0.2) is 6.41 Å². The standard InChI is InChI=1S/C11H14NO/c1-9(2)11-5-3-4-10(6-11)7-12-8-13/h3-6,9H,7H2,1-2H3,(H,12,13). The van der Waals surface area contributed by atoms with Gasteiger partial charge >= 0.3 is 6.41 Å². The van der Waals surface area contributed by atoms with Gasteiger partial charge in [0.05, 0.1) is 0 Å². The summed E-state index contributed by atoms with van der Waals surface area (Å²) in [5.74, 6) is 0.528.